The molecule has 0 spiro atoms. The third kappa shape index (κ3) is 4.51. The van der Waals surface area contributed by atoms with Gasteiger partial charge >= 0.3 is 11.8 Å². The Morgan fingerprint density at radius 2 is 1.87 bits per heavy atom. The summed E-state index contributed by atoms with van der Waals surface area (Å²) in [7, 11) is -0.0323. The maximum atomic E-state index is 12.2. The van der Waals surface area contributed by atoms with Gasteiger partial charge in [0.25, 0.3) is 0 Å². The molecule has 126 valence electrons. The predicted octanol–water partition coefficient (Wildman–Crippen LogP) is -0.272. The Balaban J connectivity index is 1.89. The standard InChI is InChI=1S/C15H21N3O4S/c1-17(9-5-12-3-7-16-8-4-12)14(19)15(20)18(2)13-6-10-23(21,22)11-13/h3-4,7-8,13H,5-6,9-11H2,1-2H3. The largest absolute Gasteiger partial charge is 0.337 e. The van der Waals surface area contributed by atoms with Gasteiger partial charge in [-0.1, -0.05) is 0 Å². The first-order chi connectivity index (χ1) is 10.8. The van der Waals surface area contributed by atoms with Gasteiger partial charge in [-0.2, -0.15) is 0 Å². The van der Waals surface area contributed by atoms with Gasteiger partial charge in [-0.05, 0) is 30.5 Å². The summed E-state index contributed by atoms with van der Waals surface area (Å²) in [6.07, 6.45) is 4.37. The molecule has 2 amide bonds. The van der Waals surface area contributed by atoms with Crippen LogP contribution in [0.15, 0.2) is 24.5 Å². The Morgan fingerprint density at radius 3 is 2.43 bits per heavy atom. The number of nitrogens with zero attached hydrogens (tertiary/aromatic N) is 3. The second-order valence-electron chi connectivity index (χ2n) is 5.81. The maximum Gasteiger partial charge on any atom is 0.312 e. The first-order valence-corrected chi connectivity index (χ1v) is 9.24. The molecule has 1 unspecified atom stereocenters. The predicted molar refractivity (Wildman–Crippen MR) is 85.4 cm³/mol. The molecule has 0 saturated carbocycles. The third-order valence-electron chi connectivity index (χ3n) is 4.09. The van der Waals surface area contributed by atoms with Crippen molar-refractivity contribution in [3.63, 3.8) is 0 Å². The molecule has 0 aliphatic carbocycles. The summed E-state index contributed by atoms with van der Waals surface area (Å²) in [4.78, 5) is 31.0. The highest BCUT2D eigenvalue weighted by Crippen LogP contribution is 2.17. The van der Waals surface area contributed by atoms with Gasteiger partial charge in [0.1, 0.15) is 0 Å². The molecule has 2 heterocycles. The summed E-state index contributed by atoms with van der Waals surface area (Å²) in [6.45, 7) is 0.408. The van der Waals surface area contributed by atoms with Gasteiger partial charge in [-0.25, -0.2) is 8.42 Å². The molecule has 23 heavy (non-hydrogen) atoms. The highest BCUT2D eigenvalue weighted by Gasteiger charge is 2.35. The molecule has 2 rings (SSSR count). The normalized spacial score (nSPS) is 19.3. The molecule has 7 nitrogen and oxygen atoms in total. The van der Waals surface area contributed by atoms with E-state index in [-0.39, 0.29) is 11.5 Å². The zero-order valence-corrected chi connectivity index (χ0v) is 14.1. The molecule has 1 fully saturated rings. The molecule has 1 atom stereocenters. The van der Waals surface area contributed by atoms with E-state index in [4.69, 9.17) is 0 Å². The van der Waals surface area contributed by atoms with Gasteiger partial charge in [0, 0.05) is 39.1 Å². The molecule has 8 heteroatoms. The van der Waals surface area contributed by atoms with Crippen molar-refractivity contribution in [2.24, 2.45) is 0 Å². The van der Waals surface area contributed by atoms with Crippen LogP contribution in [-0.2, 0) is 25.8 Å². The van der Waals surface area contributed by atoms with E-state index in [1.54, 1.807) is 19.4 Å². The fourth-order valence-corrected chi connectivity index (χ4v) is 4.28. The molecular weight excluding hydrogens is 318 g/mol. The number of likely N-dealkylation sites (N-methyl/N-ethyl adjacent to an activating group) is 2. The van der Waals surface area contributed by atoms with Crippen LogP contribution in [0.25, 0.3) is 0 Å². The summed E-state index contributed by atoms with van der Waals surface area (Å²) in [5.74, 6) is -1.28. The summed E-state index contributed by atoms with van der Waals surface area (Å²) >= 11 is 0. The first-order valence-electron chi connectivity index (χ1n) is 7.42. The Labute approximate surface area is 136 Å². The first kappa shape index (κ1) is 17.4. The number of amides is 2. The minimum absolute atomic E-state index is 0.0662. The quantitative estimate of drug-likeness (QED) is 0.705. The van der Waals surface area contributed by atoms with Crippen molar-refractivity contribution in [1.29, 1.82) is 0 Å². The van der Waals surface area contributed by atoms with E-state index in [1.807, 2.05) is 12.1 Å². The van der Waals surface area contributed by atoms with E-state index in [2.05, 4.69) is 4.98 Å². The van der Waals surface area contributed by atoms with Crippen molar-refractivity contribution in [3.8, 4) is 0 Å². The smallest absolute Gasteiger partial charge is 0.312 e. The Morgan fingerprint density at radius 1 is 1.22 bits per heavy atom. The highest BCUT2D eigenvalue weighted by molar-refractivity contribution is 7.91. The van der Waals surface area contributed by atoms with Crippen molar-refractivity contribution in [2.45, 2.75) is 18.9 Å². The molecule has 1 aromatic rings. The summed E-state index contributed by atoms with van der Waals surface area (Å²) in [6, 6.07) is 3.30. The van der Waals surface area contributed by atoms with E-state index >= 15 is 0 Å². The summed E-state index contributed by atoms with van der Waals surface area (Å²) < 4.78 is 23.0. The highest BCUT2D eigenvalue weighted by atomic mass is 32.2. The topological polar surface area (TPSA) is 87.7 Å². The minimum atomic E-state index is -3.09. The van der Waals surface area contributed by atoms with E-state index in [0.29, 0.717) is 19.4 Å². The zero-order chi connectivity index (χ0) is 17.0. The third-order valence-corrected chi connectivity index (χ3v) is 5.84. The zero-order valence-electron chi connectivity index (χ0n) is 13.3. The lowest BCUT2D eigenvalue weighted by atomic mass is 10.2. The molecule has 1 aliphatic rings. The minimum Gasteiger partial charge on any atom is -0.337 e. The van der Waals surface area contributed by atoms with Gasteiger partial charge < -0.3 is 9.80 Å². The molecule has 1 aliphatic heterocycles. The van der Waals surface area contributed by atoms with Gasteiger partial charge in [0.05, 0.1) is 11.5 Å². The second kappa shape index (κ2) is 7.08. The van der Waals surface area contributed by atoms with E-state index < -0.39 is 27.7 Å². The van der Waals surface area contributed by atoms with Gasteiger partial charge in [0.15, 0.2) is 9.84 Å². The second-order valence-corrected chi connectivity index (χ2v) is 8.03. The summed E-state index contributed by atoms with van der Waals surface area (Å²) in [5.41, 5.74) is 1.03. The van der Waals surface area contributed by atoms with Gasteiger partial charge in [-0.3, -0.25) is 14.6 Å². The summed E-state index contributed by atoms with van der Waals surface area (Å²) in [5, 5.41) is 0. The molecule has 1 saturated heterocycles. The number of carbonyl (C=O) groups is 2. The Hall–Kier alpha value is -1.96. The fraction of sp³-hybridized carbons (Fsp3) is 0.533. The van der Waals surface area contributed by atoms with Crippen molar-refractivity contribution < 1.29 is 18.0 Å². The molecule has 0 bridgehead atoms. The maximum absolute atomic E-state index is 12.2. The van der Waals surface area contributed by atoms with Gasteiger partial charge in [0.2, 0.25) is 0 Å². The number of hydrogen-bond acceptors (Lipinski definition) is 5. The molecule has 0 radical (unpaired) electrons. The number of pyridine rings is 1. The van der Waals surface area contributed by atoms with Crippen LogP contribution in [0, 0.1) is 0 Å². The fourth-order valence-electron chi connectivity index (χ4n) is 2.51. The lowest BCUT2D eigenvalue weighted by Crippen LogP contribution is -2.47. The van der Waals surface area contributed by atoms with E-state index in [0.717, 1.165) is 5.56 Å². The number of hydrogen-bond donors (Lipinski definition) is 0. The van der Waals surface area contributed by atoms with Gasteiger partial charge in [-0.15, -0.1) is 0 Å². The molecule has 0 N–H and O–H groups in total. The monoisotopic (exact) mass is 339 g/mol. The van der Waals surface area contributed by atoms with Crippen molar-refractivity contribution in [2.75, 3.05) is 32.1 Å². The van der Waals surface area contributed by atoms with Crippen molar-refractivity contribution in [1.82, 2.24) is 14.8 Å². The lowest BCUT2D eigenvalue weighted by Gasteiger charge is -2.25. The number of rotatable bonds is 4. The van der Waals surface area contributed by atoms with E-state index in [9.17, 15) is 18.0 Å². The van der Waals surface area contributed by atoms with Crippen LogP contribution in [0.2, 0.25) is 0 Å². The number of sulfone groups is 1. The van der Waals surface area contributed by atoms with Crippen LogP contribution in [0.4, 0.5) is 0 Å². The lowest BCUT2D eigenvalue weighted by molar-refractivity contribution is -0.151. The van der Waals surface area contributed by atoms with E-state index in [1.165, 1.54) is 16.8 Å². The molecule has 1 aromatic heterocycles. The van der Waals surface area contributed by atoms with Crippen LogP contribution in [-0.4, -0.2) is 73.2 Å². The van der Waals surface area contributed by atoms with Crippen LogP contribution in [0.5, 0.6) is 0 Å². The van der Waals surface area contributed by atoms with Crippen LogP contribution < -0.4 is 0 Å². The molecular formula is C15H21N3O4S. The van der Waals surface area contributed by atoms with Crippen molar-refractivity contribution >= 4 is 21.7 Å². The SMILES string of the molecule is CN(CCc1ccncc1)C(=O)C(=O)N(C)C1CCS(=O)(=O)C1. The van der Waals surface area contributed by atoms with Crippen LogP contribution in [0.1, 0.15) is 12.0 Å². The number of aromatic nitrogens is 1. The molecule has 0 aromatic carbocycles. The van der Waals surface area contributed by atoms with Crippen LogP contribution >= 0.6 is 0 Å². The Kier molecular flexibility index (Phi) is 5.35. The number of carbonyl (C=O) groups excluding carboxylic acids is 2. The average Bonchev–Trinajstić information content (AvgIpc) is 2.91. The van der Waals surface area contributed by atoms with Crippen molar-refractivity contribution in [3.05, 3.63) is 30.1 Å². The Bertz CT molecular complexity index is 675. The van der Waals surface area contributed by atoms with Crippen LogP contribution in [0.3, 0.4) is 0 Å². The average molecular weight is 339 g/mol.